The Kier molecular flexibility index (Phi) is 4.35. The molecular formula is C9H10BrIO. The smallest absolute Gasteiger partial charge is 0.121 e. The highest BCUT2D eigenvalue weighted by Gasteiger charge is 1.96. The van der Waals surface area contributed by atoms with Crippen LogP contribution < -0.4 is 4.74 Å². The summed E-state index contributed by atoms with van der Waals surface area (Å²) in [5, 5.41) is 0. The van der Waals surface area contributed by atoms with Gasteiger partial charge in [-0.25, -0.2) is 0 Å². The Balaban J connectivity index is 2.72. The van der Waals surface area contributed by atoms with Gasteiger partial charge in [0.1, 0.15) is 5.75 Å². The second-order valence-electron chi connectivity index (χ2n) is 2.45. The lowest BCUT2D eigenvalue weighted by molar-refractivity contribution is 0.317. The fraction of sp³-hybridized carbons (Fsp3) is 0.333. The molecule has 0 heterocycles. The van der Waals surface area contributed by atoms with E-state index in [1.807, 2.05) is 12.1 Å². The van der Waals surface area contributed by atoms with Crippen LogP contribution in [0.4, 0.5) is 0 Å². The topological polar surface area (TPSA) is 9.23 Å². The number of ether oxygens (including phenoxy) is 1. The summed E-state index contributed by atoms with van der Waals surface area (Å²) in [5.41, 5.74) is 0. The van der Waals surface area contributed by atoms with Crippen molar-refractivity contribution in [1.82, 2.24) is 0 Å². The van der Waals surface area contributed by atoms with Crippen molar-refractivity contribution >= 4 is 38.5 Å². The van der Waals surface area contributed by atoms with E-state index in [0.717, 1.165) is 23.2 Å². The summed E-state index contributed by atoms with van der Waals surface area (Å²) in [7, 11) is 0. The number of rotatable bonds is 3. The minimum Gasteiger partial charge on any atom is -0.494 e. The molecule has 12 heavy (non-hydrogen) atoms. The monoisotopic (exact) mass is 340 g/mol. The maximum atomic E-state index is 5.48. The number of benzene rings is 1. The van der Waals surface area contributed by atoms with Gasteiger partial charge in [-0.1, -0.05) is 22.9 Å². The fourth-order valence-electron chi connectivity index (χ4n) is 0.832. The Morgan fingerprint density at radius 3 is 2.75 bits per heavy atom. The molecular weight excluding hydrogens is 331 g/mol. The summed E-state index contributed by atoms with van der Waals surface area (Å²) >= 11 is 5.69. The molecule has 0 aliphatic carbocycles. The van der Waals surface area contributed by atoms with Crippen LogP contribution in [-0.4, -0.2) is 6.61 Å². The summed E-state index contributed by atoms with van der Waals surface area (Å²) in [6.07, 6.45) is 1.04. The third-order valence-corrected chi connectivity index (χ3v) is 2.39. The average Bonchev–Trinajstić information content (AvgIpc) is 1.99. The van der Waals surface area contributed by atoms with Crippen molar-refractivity contribution in [1.29, 1.82) is 0 Å². The van der Waals surface area contributed by atoms with Gasteiger partial charge in [0.15, 0.2) is 0 Å². The minimum atomic E-state index is 0.784. The molecule has 1 rings (SSSR count). The Hall–Kier alpha value is 0.230. The van der Waals surface area contributed by atoms with E-state index in [-0.39, 0.29) is 0 Å². The van der Waals surface area contributed by atoms with E-state index >= 15 is 0 Å². The quantitative estimate of drug-likeness (QED) is 0.759. The van der Waals surface area contributed by atoms with Crippen LogP contribution in [-0.2, 0) is 0 Å². The molecule has 0 aromatic heterocycles. The lowest BCUT2D eigenvalue weighted by Gasteiger charge is -2.04. The summed E-state index contributed by atoms with van der Waals surface area (Å²) in [4.78, 5) is 0. The molecule has 0 fully saturated rings. The van der Waals surface area contributed by atoms with Gasteiger partial charge in [-0.2, -0.15) is 0 Å². The Bertz CT molecular complexity index is 242. The highest BCUT2D eigenvalue weighted by atomic mass is 127. The van der Waals surface area contributed by atoms with Gasteiger partial charge in [0.2, 0.25) is 0 Å². The van der Waals surface area contributed by atoms with E-state index in [0.29, 0.717) is 0 Å². The van der Waals surface area contributed by atoms with Gasteiger partial charge in [-0.05, 0) is 47.2 Å². The standard InChI is InChI=1S/C9H10BrIO/c1-2-3-12-9-5-7(10)4-8(11)6-9/h4-6H,2-3H2,1H3. The van der Waals surface area contributed by atoms with E-state index in [2.05, 4.69) is 51.5 Å². The lowest BCUT2D eigenvalue weighted by atomic mass is 10.3. The summed E-state index contributed by atoms with van der Waals surface area (Å²) < 4.78 is 7.74. The number of hydrogen-bond donors (Lipinski definition) is 0. The van der Waals surface area contributed by atoms with Crippen LogP contribution >= 0.6 is 38.5 Å². The van der Waals surface area contributed by atoms with Gasteiger partial charge in [0.05, 0.1) is 6.61 Å². The first-order chi connectivity index (χ1) is 5.72. The van der Waals surface area contributed by atoms with E-state index in [4.69, 9.17) is 4.74 Å². The first-order valence-corrected chi connectivity index (χ1v) is 5.68. The molecule has 0 aliphatic heterocycles. The first kappa shape index (κ1) is 10.3. The molecule has 0 N–H and O–H groups in total. The van der Waals surface area contributed by atoms with Crippen molar-refractivity contribution in [2.45, 2.75) is 13.3 Å². The molecule has 1 aromatic rings. The molecule has 0 amide bonds. The largest absolute Gasteiger partial charge is 0.494 e. The molecule has 0 radical (unpaired) electrons. The van der Waals surface area contributed by atoms with Crippen LogP contribution in [0.1, 0.15) is 13.3 Å². The second-order valence-corrected chi connectivity index (χ2v) is 4.61. The summed E-state index contributed by atoms with van der Waals surface area (Å²) in [6.45, 7) is 2.88. The predicted molar refractivity (Wildman–Crippen MR) is 62.6 cm³/mol. The second kappa shape index (κ2) is 5.07. The molecule has 3 heteroatoms. The maximum absolute atomic E-state index is 5.48. The van der Waals surface area contributed by atoms with Crippen LogP contribution in [0.15, 0.2) is 22.7 Å². The van der Waals surface area contributed by atoms with Crippen molar-refractivity contribution < 1.29 is 4.74 Å². The summed E-state index contributed by atoms with van der Waals surface area (Å²) in [6, 6.07) is 6.07. The van der Waals surface area contributed by atoms with Gasteiger partial charge in [-0.15, -0.1) is 0 Å². The maximum Gasteiger partial charge on any atom is 0.121 e. The van der Waals surface area contributed by atoms with Crippen LogP contribution in [0.5, 0.6) is 5.75 Å². The van der Waals surface area contributed by atoms with Crippen molar-refractivity contribution in [2.24, 2.45) is 0 Å². The molecule has 0 saturated carbocycles. The van der Waals surface area contributed by atoms with Crippen molar-refractivity contribution in [3.8, 4) is 5.75 Å². The summed E-state index contributed by atoms with van der Waals surface area (Å²) in [5.74, 6) is 0.940. The molecule has 1 nitrogen and oxygen atoms in total. The van der Waals surface area contributed by atoms with Crippen LogP contribution in [0.2, 0.25) is 0 Å². The van der Waals surface area contributed by atoms with E-state index in [1.54, 1.807) is 0 Å². The molecule has 1 aromatic carbocycles. The highest BCUT2D eigenvalue weighted by molar-refractivity contribution is 14.1. The minimum absolute atomic E-state index is 0.784. The zero-order valence-electron chi connectivity index (χ0n) is 6.81. The molecule has 0 bridgehead atoms. The van der Waals surface area contributed by atoms with Gasteiger partial charge in [0.25, 0.3) is 0 Å². The van der Waals surface area contributed by atoms with Crippen LogP contribution in [0.25, 0.3) is 0 Å². The zero-order chi connectivity index (χ0) is 8.97. The third-order valence-electron chi connectivity index (χ3n) is 1.31. The SMILES string of the molecule is CCCOc1cc(Br)cc(I)c1. The predicted octanol–water partition coefficient (Wildman–Crippen LogP) is 3.84. The Labute approximate surface area is 94.8 Å². The van der Waals surface area contributed by atoms with Crippen LogP contribution in [0, 0.1) is 3.57 Å². The molecule has 0 spiro atoms. The van der Waals surface area contributed by atoms with Gasteiger partial charge >= 0.3 is 0 Å². The van der Waals surface area contributed by atoms with Gasteiger partial charge in [-0.3, -0.25) is 0 Å². The number of halogens is 2. The molecule has 0 unspecified atom stereocenters. The zero-order valence-corrected chi connectivity index (χ0v) is 10.6. The Morgan fingerprint density at radius 2 is 2.17 bits per heavy atom. The molecule has 66 valence electrons. The third kappa shape index (κ3) is 3.31. The van der Waals surface area contributed by atoms with Crippen molar-refractivity contribution in [3.63, 3.8) is 0 Å². The molecule has 0 aliphatic rings. The van der Waals surface area contributed by atoms with Crippen LogP contribution in [0.3, 0.4) is 0 Å². The lowest BCUT2D eigenvalue weighted by Crippen LogP contribution is -1.94. The Morgan fingerprint density at radius 1 is 1.42 bits per heavy atom. The van der Waals surface area contributed by atoms with Crippen molar-refractivity contribution in [3.05, 3.63) is 26.2 Å². The van der Waals surface area contributed by atoms with E-state index in [1.165, 1.54) is 3.57 Å². The van der Waals surface area contributed by atoms with E-state index in [9.17, 15) is 0 Å². The first-order valence-electron chi connectivity index (χ1n) is 3.81. The highest BCUT2D eigenvalue weighted by Crippen LogP contribution is 2.22. The van der Waals surface area contributed by atoms with Gasteiger partial charge in [0, 0.05) is 8.04 Å². The van der Waals surface area contributed by atoms with E-state index < -0.39 is 0 Å². The van der Waals surface area contributed by atoms with Gasteiger partial charge < -0.3 is 4.74 Å². The van der Waals surface area contributed by atoms with Crippen molar-refractivity contribution in [2.75, 3.05) is 6.61 Å². The fourth-order valence-corrected chi connectivity index (χ4v) is 2.37. The molecule has 0 saturated heterocycles. The number of hydrogen-bond acceptors (Lipinski definition) is 1. The normalized spacial score (nSPS) is 9.92. The molecule has 0 atom stereocenters. The average molecular weight is 341 g/mol.